The van der Waals surface area contributed by atoms with Crippen LogP contribution < -0.4 is 0 Å². The maximum absolute atomic E-state index is 4.99. The first kappa shape index (κ1) is 10.2. The summed E-state index contributed by atoms with van der Waals surface area (Å²) in [6.45, 7) is 5.00. The lowest BCUT2D eigenvalue weighted by Crippen LogP contribution is -1.96. The predicted octanol–water partition coefficient (Wildman–Crippen LogP) is 2.74. The Bertz CT molecular complexity index is 243. The lowest BCUT2D eigenvalue weighted by Gasteiger charge is -2.08. The Kier molecular flexibility index (Phi) is 3.90. The van der Waals surface area contributed by atoms with Gasteiger partial charge in [-0.2, -0.15) is 0 Å². The summed E-state index contributed by atoms with van der Waals surface area (Å²) in [7, 11) is 1.68. The van der Waals surface area contributed by atoms with Gasteiger partial charge in [0.2, 0.25) is 0 Å². The first-order valence-corrected chi connectivity index (χ1v) is 4.71. The van der Waals surface area contributed by atoms with Gasteiger partial charge in [0.15, 0.2) is 0 Å². The molecule has 0 radical (unpaired) electrons. The molecule has 0 N–H and O–H groups in total. The van der Waals surface area contributed by atoms with E-state index in [0.717, 1.165) is 12.1 Å². The molecule has 0 aromatic carbocycles. The molecule has 0 saturated carbocycles. The van der Waals surface area contributed by atoms with Crippen molar-refractivity contribution in [3.05, 3.63) is 29.6 Å². The van der Waals surface area contributed by atoms with Crippen molar-refractivity contribution in [3.8, 4) is 0 Å². The first-order chi connectivity index (χ1) is 6.27. The van der Waals surface area contributed by atoms with Crippen LogP contribution in [0, 0.1) is 0 Å². The highest BCUT2D eigenvalue weighted by atomic mass is 16.5. The molecule has 72 valence electrons. The Morgan fingerprint density at radius 1 is 1.46 bits per heavy atom. The van der Waals surface area contributed by atoms with E-state index in [1.807, 2.05) is 12.3 Å². The van der Waals surface area contributed by atoms with Crippen LogP contribution in [0.3, 0.4) is 0 Å². The second-order valence-corrected chi connectivity index (χ2v) is 3.33. The molecule has 1 aromatic rings. The minimum Gasteiger partial charge on any atom is -0.378 e. The van der Waals surface area contributed by atoms with E-state index in [0.29, 0.717) is 12.5 Å². The molecule has 1 aromatic heterocycles. The van der Waals surface area contributed by atoms with Gasteiger partial charge in [-0.3, -0.25) is 4.98 Å². The van der Waals surface area contributed by atoms with Crippen molar-refractivity contribution >= 4 is 0 Å². The van der Waals surface area contributed by atoms with Gasteiger partial charge in [0.1, 0.15) is 0 Å². The fourth-order valence-electron chi connectivity index (χ4n) is 1.20. The normalized spacial score (nSPS) is 12.8. The Morgan fingerprint density at radius 3 is 2.69 bits per heavy atom. The second kappa shape index (κ2) is 4.97. The minimum atomic E-state index is 0.598. The molecule has 0 aliphatic heterocycles. The molecule has 0 amide bonds. The standard InChI is InChI=1S/C11H17NO/c1-4-9(2)10-5-6-11(8-13-3)12-7-10/h5-7,9H,4,8H2,1-3H3. The molecule has 1 heterocycles. The predicted molar refractivity (Wildman–Crippen MR) is 53.7 cm³/mol. The zero-order valence-corrected chi connectivity index (χ0v) is 8.58. The van der Waals surface area contributed by atoms with Crippen molar-refractivity contribution in [1.82, 2.24) is 4.98 Å². The number of ether oxygens (including phenoxy) is 1. The maximum atomic E-state index is 4.99. The van der Waals surface area contributed by atoms with Crippen molar-refractivity contribution in [2.75, 3.05) is 7.11 Å². The van der Waals surface area contributed by atoms with Crippen molar-refractivity contribution in [1.29, 1.82) is 0 Å². The summed E-state index contributed by atoms with van der Waals surface area (Å²) in [4.78, 5) is 4.31. The average molecular weight is 179 g/mol. The largest absolute Gasteiger partial charge is 0.378 e. The molecule has 13 heavy (non-hydrogen) atoms. The molecular weight excluding hydrogens is 162 g/mol. The number of aromatic nitrogens is 1. The number of hydrogen-bond donors (Lipinski definition) is 0. The van der Waals surface area contributed by atoms with Gasteiger partial charge in [0.25, 0.3) is 0 Å². The van der Waals surface area contributed by atoms with Gasteiger partial charge in [-0.25, -0.2) is 0 Å². The molecule has 0 saturated heterocycles. The summed E-state index contributed by atoms with van der Waals surface area (Å²) in [6, 6.07) is 4.17. The SMILES string of the molecule is CCC(C)c1ccc(COC)nc1. The van der Waals surface area contributed by atoms with Crippen LogP contribution in [0.1, 0.15) is 37.4 Å². The van der Waals surface area contributed by atoms with E-state index in [4.69, 9.17) is 4.74 Å². The summed E-state index contributed by atoms with van der Waals surface area (Å²) >= 11 is 0. The zero-order valence-electron chi connectivity index (χ0n) is 8.58. The van der Waals surface area contributed by atoms with Crippen molar-refractivity contribution in [2.24, 2.45) is 0 Å². The van der Waals surface area contributed by atoms with E-state index in [2.05, 4.69) is 24.9 Å². The summed E-state index contributed by atoms with van der Waals surface area (Å²) in [5, 5.41) is 0. The van der Waals surface area contributed by atoms with Gasteiger partial charge < -0.3 is 4.74 Å². The van der Waals surface area contributed by atoms with Crippen LogP contribution >= 0.6 is 0 Å². The highest BCUT2D eigenvalue weighted by molar-refractivity contribution is 5.17. The van der Waals surface area contributed by atoms with Crippen LogP contribution in [0.5, 0.6) is 0 Å². The van der Waals surface area contributed by atoms with E-state index in [-0.39, 0.29) is 0 Å². The molecule has 2 heteroatoms. The lowest BCUT2D eigenvalue weighted by atomic mass is 10.0. The third-order valence-corrected chi connectivity index (χ3v) is 2.32. The van der Waals surface area contributed by atoms with Crippen molar-refractivity contribution in [2.45, 2.75) is 32.8 Å². The quantitative estimate of drug-likeness (QED) is 0.709. The molecule has 0 spiro atoms. The molecule has 0 aliphatic carbocycles. The molecule has 1 rings (SSSR count). The van der Waals surface area contributed by atoms with Crippen LogP contribution in [-0.4, -0.2) is 12.1 Å². The number of pyridine rings is 1. The number of nitrogens with zero attached hydrogens (tertiary/aromatic N) is 1. The molecule has 0 fully saturated rings. The van der Waals surface area contributed by atoms with Crippen LogP contribution in [0.15, 0.2) is 18.3 Å². The third-order valence-electron chi connectivity index (χ3n) is 2.32. The van der Waals surface area contributed by atoms with E-state index in [9.17, 15) is 0 Å². The highest BCUT2D eigenvalue weighted by Gasteiger charge is 2.02. The van der Waals surface area contributed by atoms with Crippen LogP contribution in [0.25, 0.3) is 0 Å². The molecule has 2 nitrogen and oxygen atoms in total. The van der Waals surface area contributed by atoms with Gasteiger partial charge in [-0.1, -0.05) is 19.9 Å². The summed E-state index contributed by atoms with van der Waals surface area (Å²) in [6.07, 6.45) is 3.10. The molecule has 0 bridgehead atoms. The highest BCUT2D eigenvalue weighted by Crippen LogP contribution is 2.17. The number of rotatable bonds is 4. The van der Waals surface area contributed by atoms with Gasteiger partial charge in [-0.05, 0) is 24.0 Å². The monoisotopic (exact) mass is 179 g/mol. The van der Waals surface area contributed by atoms with Crippen LogP contribution in [0.2, 0.25) is 0 Å². The Balaban J connectivity index is 2.69. The fourth-order valence-corrected chi connectivity index (χ4v) is 1.20. The summed E-state index contributed by atoms with van der Waals surface area (Å²) in [5.74, 6) is 0.601. The molecular formula is C11H17NO. The minimum absolute atomic E-state index is 0.598. The van der Waals surface area contributed by atoms with E-state index in [1.165, 1.54) is 5.56 Å². The number of methoxy groups -OCH3 is 1. The van der Waals surface area contributed by atoms with Crippen molar-refractivity contribution in [3.63, 3.8) is 0 Å². The molecule has 1 unspecified atom stereocenters. The zero-order chi connectivity index (χ0) is 9.68. The van der Waals surface area contributed by atoms with Gasteiger partial charge >= 0.3 is 0 Å². The maximum Gasteiger partial charge on any atom is 0.0884 e. The van der Waals surface area contributed by atoms with Gasteiger partial charge in [0.05, 0.1) is 12.3 Å². The van der Waals surface area contributed by atoms with E-state index < -0.39 is 0 Å². The first-order valence-electron chi connectivity index (χ1n) is 4.71. The van der Waals surface area contributed by atoms with Crippen molar-refractivity contribution < 1.29 is 4.74 Å². The summed E-state index contributed by atoms with van der Waals surface area (Å²) in [5.41, 5.74) is 2.30. The second-order valence-electron chi connectivity index (χ2n) is 3.33. The summed E-state index contributed by atoms with van der Waals surface area (Å²) < 4.78 is 4.99. The van der Waals surface area contributed by atoms with Crippen LogP contribution in [-0.2, 0) is 11.3 Å². The number of hydrogen-bond acceptors (Lipinski definition) is 2. The van der Waals surface area contributed by atoms with E-state index in [1.54, 1.807) is 7.11 Å². The molecule has 1 atom stereocenters. The Hall–Kier alpha value is -0.890. The Morgan fingerprint density at radius 2 is 2.23 bits per heavy atom. The lowest BCUT2D eigenvalue weighted by molar-refractivity contribution is 0.181. The third kappa shape index (κ3) is 2.81. The topological polar surface area (TPSA) is 22.1 Å². The smallest absolute Gasteiger partial charge is 0.0884 e. The Labute approximate surface area is 80.0 Å². The fraction of sp³-hybridized carbons (Fsp3) is 0.545. The average Bonchev–Trinajstić information content (AvgIpc) is 2.18. The van der Waals surface area contributed by atoms with Gasteiger partial charge in [0, 0.05) is 13.3 Å². The molecule has 0 aliphatic rings. The van der Waals surface area contributed by atoms with Gasteiger partial charge in [-0.15, -0.1) is 0 Å². The van der Waals surface area contributed by atoms with Crippen LogP contribution in [0.4, 0.5) is 0 Å². The van der Waals surface area contributed by atoms with E-state index >= 15 is 0 Å².